The van der Waals surface area contributed by atoms with Crippen LogP contribution in [0.1, 0.15) is 31.4 Å². The van der Waals surface area contributed by atoms with Gasteiger partial charge in [-0.1, -0.05) is 31.5 Å². The van der Waals surface area contributed by atoms with Crippen LogP contribution in [-0.4, -0.2) is 31.1 Å². The predicted octanol–water partition coefficient (Wildman–Crippen LogP) is 2.94. The van der Waals surface area contributed by atoms with Gasteiger partial charge in [-0.3, -0.25) is 5.32 Å². The van der Waals surface area contributed by atoms with Gasteiger partial charge in [-0.05, 0) is 49.2 Å². The van der Waals surface area contributed by atoms with Crippen molar-refractivity contribution in [3.05, 3.63) is 34.3 Å². The zero-order valence-electron chi connectivity index (χ0n) is 12.2. The van der Waals surface area contributed by atoms with E-state index in [0.717, 1.165) is 49.6 Å². The summed E-state index contributed by atoms with van der Waals surface area (Å²) < 4.78 is 0. The molecule has 0 amide bonds. The molecule has 0 radical (unpaired) electrons. The second-order valence-electron chi connectivity index (χ2n) is 5.27. The van der Waals surface area contributed by atoms with Crippen molar-refractivity contribution >= 4 is 11.6 Å². The Morgan fingerprint density at radius 3 is 2.80 bits per heavy atom. The monoisotopic (exact) mass is 291 g/mol. The molecule has 0 fully saturated rings. The zero-order chi connectivity index (χ0) is 14.6. The van der Waals surface area contributed by atoms with Gasteiger partial charge < -0.3 is 4.90 Å². The van der Waals surface area contributed by atoms with Crippen LogP contribution in [0.3, 0.4) is 0 Å². The largest absolute Gasteiger partial charge is 0.303 e. The lowest BCUT2D eigenvalue weighted by Gasteiger charge is -2.26. The van der Waals surface area contributed by atoms with Crippen LogP contribution in [-0.2, 0) is 12.0 Å². The van der Waals surface area contributed by atoms with Gasteiger partial charge in [0.1, 0.15) is 5.54 Å². The molecule has 0 heterocycles. The molecule has 1 aromatic rings. The molecule has 2 rings (SSSR count). The summed E-state index contributed by atoms with van der Waals surface area (Å²) >= 11 is 6.03. The highest BCUT2D eigenvalue weighted by Crippen LogP contribution is 2.37. The van der Waals surface area contributed by atoms with Crippen LogP contribution in [0.4, 0.5) is 0 Å². The smallest absolute Gasteiger partial charge is 0.132 e. The van der Waals surface area contributed by atoms with Crippen molar-refractivity contribution in [3.63, 3.8) is 0 Å². The minimum atomic E-state index is -0.535. The minimum Gasteiger partial charge on any atom is -0.303 e. The fraction of sp³-hybridized carbons (Fsp3) is 0.562. The number of likely N-dealkylation sites (N-methyl/N-ethyl adjacent to an activating group) is 1. The Bertz CT molecular complexity index is 505. The maximum atomic E-state index is 9.65. The van der Waals surface area contributed by atoms with Gasteiger partial charge in [0.05, 0.1) is 6.07 Å². The predicted molar refractivity (Wildman–Crippen MR) is 82.9 cm³/mol. The van der Waals surface area contributed by atoms with Crippen LogP contribution in [0, 0.1) is 11.3 Å². The van der Waals surface area contributed by atoms with Crippen molar-refractivity contribution in [1.29, 1.82) is 5.26 Å². The molecule has 1 aromatic carbocycles. The lowest BCUT2D eigenvalue weighted by Crippen LogP contribution is -2.43. The highest BCUT2D eigenvalue weighted by atomic mass is 35.5. The van der Waals surface area contributed by atoms with Gasteiger partial charge >= 0.3 is 0 Å². The molecule has 108 valence electrons. The Balaban J connectivity index is 2.08. The molecule has 0 saturated carbocycles. The molecule has 1 N–H and O–H groups in total. The van der Waals surface area contributed by atoms with E-state index in [0.29, 0.717) is 0 Å². The van der Waals surface area contributed by atoms with Crippen molar-refractivity contribution in [1.82, 2.24) is 10.2 Å². The van der Waals surface area contributed by atoms with E-state index in [4.69, 9.17) is 11.6 Å². The number of nitrogens with one attached hydrogen (secondary N) is 1. The van der Waals surface area contributed by atoms with Crippen LogP contribution in [0.25, 0.3) is 0 Å². The third-order valence-electron chi connectivity index (χ3n) is 4.24. The van der Waals surface area contributed by atoms with E-state index in [1.54, 1.807) is 0 Å². The number of benzene rings is 1. The van der Waals surface area contributed by atoms with E-state index in [9.17, 15) is 5.26 Å². The standard InChI is InChI=1S/C16H22ClN3/c1-3-20(4-2)10-9-19-16(12-18)8-7-13-11-14(17)5-6-15(13)16/h5-6,11,19H,3-4,7-10H2,1-2H3. The summed E-state index contributed by atoms with van der Waals surface area (Å²) in [6, 6.07) is 8.36. The first-order valence-corrected chi connectivity index (χ1v) is 7.70. The van der Waals surface area contributed by atoms with E-state index < -0.39 is 5.54 Å². The number of hydrogen-bond donors (Lipinski definition) is 1. The quantitative estimate of drug-likeness (QED) is 0.876. The average Bonchev–Trinajstić information content (AvgIpc) is 2.82. The van der Waals surface area contributed by atoms with E-state index >= 15 is 0 Å². The molecule has 1 aliphatic rings. The molecule has 0 bridgehead atoms. The summed E-state index contributed by atoms with van der Waals surface area (Å²) in [4.78, 5) is 2.36. The second kappa shape index (κ2) is 6.58. The fourth-order valence-corrected chi connectivity index (χ4v) is 3.14. The van der Waals surface area contributed by atoms with Crippen molar-refractivity contribution in [2.75, 3.05) is 26.2 Å². The summed E-state index contributed by atoms with van der Waals surface area (Å²) in [5.74, 6) is 0. The second-order valence-corrected chi connectivity index (χ2v) is 5.71. The van der Waals surface area contributed by atoms with Gasteiger partial charge in [0.15, 0.2) is 0 Å². The highest BCUT2D eigenvalue weighted by Gasteiger charge is 2.38. The summed E-state index contributed by atoms with van der Waals surface area (Å²) in [5.41, 5.74) is 1.77. The van der Waals surface area contributed by atoms with Crippen molar-refractivity contribution in [2.24, 2.45) is 0 Å². The first kappa shape index (κ1) is 15.3. The Morgan fingerprint density at radius 1 is 1.40 bits per heavy atom. The summed E-state index contributed by atoms with van der Waals surface area (Å²) in [6.45, 7) is 8.22. The Kier molecular flexibility index (Phi) is 5.04. The molecular weight excluding hydrogens is 270 g/mol. The van der Waals surface area contributed by atoms with Crippen molar-refractivity contribution in [3.8, 4) is 6.07 Å². The normalized spacial score (nSPS) is 20.9. The Hall–Kier alpha value is -1.08. The minimum absolute atomic E-state index is 0.535. The first-order valence-electron chi connectivity index (χ1n) is 7.32. The number of fused-ring (bicyclic) bond motifs is 1. The molecule has 0 spiro atoms. The topological polar surface area (TPSA) is 39.1 Å². The third-order valence-corrected chi connectivity index (χ3v) is 4.47. The van der Waals surface area contributed by atoms with E-state index in [-0.39, 0.29) is 0 Å². The molecular formula is C16H22ClN3. The summed E-state index contributed by atoms with van der Waals surface area (Å²) in [6.07, 6.45) is 1.75. The molecule has 0 aromatic heterocycles. The molecule has 1 unspecified atom stereocenters. The van der Waals surface area contributed by atoms with Gasteiger partial charge in [-0.15, -0.1) is 0 Å². The van der Waals surface area contributed by atoms with Crippen LogP contribution in [0.15, 0.2) is 18.2 Å². The third kappa shape index (κ3) is 2.98. The molecule has 3 nitrogen and oxygen atoms in total. The number of hydrogen-bond acceptors (Lipinski definition) is 3. The van der Waals surface area contributed by atoms with Crippen LogP contribution in [0.5, 0.6) is 0 Å². The fourth-order valence-electron chi connectivity index (χ4n) is 2.95. The molecule has 1 atom stereocenters. The molecule has 0 saturated heterocycles. The number of nitrogens with zero attached hydrogens (tertiary/aromatic N) is 2. The number of nitriles is 1. The number of rotatable bonds is 6. The van der Waals surface area contributed by atoms with E-state index in [2.05, 4.69) is 30.1 Å². The lowest BCUT2D eigenvalue weighted by atomic mass is 9.93. The lowest BCUT2D eigenvalue weighted by molar-refractivity contribution is 0.286. The van der Waals surface area contributed by atoms with Gasteiger partial charge in [0.25, 0.3) is 0 Å². The van der Waals surface area contributed by atoms with Crippen LogP contribution in [0.2, 0.25) is 5.02 Å². The van der Waals surface area contributed by atoms with Gasteiger partial charge in [0.2, 0.25) is 0 Å². The number of aryl methyl sites for hydroxylation is 1. The summed E-state index contributed by atoms with van der Waals surface area (Å²) in [7, 11) is 0. The maximum absolute atomic E-state index is 9.65. The first-order chi connectivity index (χ1) is 9.65. The number of halogens is 1. The average molecular weight is 292 g/mol. The van der Waals surface area contributed by atoms with Gasteiger partial charge in [-0.2, -0.15) is 5.26 Å². The van der Waals surface area contributed by atoms with Crippen molar-refractivity contribution in [2.45, 2.75) is 32.2 Å². The highest BCUT2D eigenvalue weighted by molar-refractivity contribution is 6.30. The SMILES string of the molecule is CCN(CC)CCNC1(C#N)CCc2cc(Cl)ccc21. The molecule has 20 heavy (non-hydrogen) atoms. The molecule has 4 heteroatoms. The molecule has 1 aliphatic carbocycles. The Morgan fingerprint density at radius 2 is 2.15 bits per heavy atom. The van der Waals surface area contributed by atoms with Gasteiger partial charge in [0, 0.05) is 18.1 Å². The van der Waals surface area contributed by atoms with Crippen LogP contribution < -0.4 is 5.32 Å². The Labute approximate surface area is 126 Å². The van der Waals surface area contributed by atoms with E-state index in [1.165, 1.54) is 5.56 Å². The van der Waals surface area contributed by atoms with Gasteiger partial charge in [-0.25, -0.2) is 0 Å². The van der Waals surface area contributed by atoms with Crippen molar-refractivity contribution < 1.29 is 0 Å². The van der Waals surface area contributed by atoms with Crippen LogP contribution >= 0.6 is 11.6 Å². The van der Waals surface area contributed by atoms with E-state index in [1.807, 2.05) is 18.2 Å². The molecule has 0 aliphatic heterocycles. The summed E-state index contributed by atoms with van der Waals surface area (Å²) in [5, 5.41) is 13.9. The zero-order valence-corrected chi connectivity index (χ0v) is 13.0. The maximum Gasteiger partial charge on any atom is 0.132 e.